The van der Waals surface area contributed by atoms with E-state index >= 15 is 0 Å². The smallest absolute Gasteiger partial charge is 0.255 e. The maximum atomic E-state index is 13.6. The zero-order chi connectivity index (χ0) is 18.5. The number of hydrogen-bond acceptors (Lipinski definition) is 3. The first-order valence-electron chi connectivity index (χ1n) is 8.36. The van der Waals surface area contributed by atoms with Gasteiger partial charge in [-0.15, -0.1) is 0 Å². The molecule has 136 valence electrons. The number of fused-ring (bicyclic) bond motifs is 1. The highest BCUT2D eigenvalue weighted by atomic mass is 35.5. The predicted octanol–water partition coefficient (Wildman–Crippen LogP) is 3.27. The Balaban J connectivity index is 1.75. The number of aryl methyl sites for hydroxylation is 1. The van der Waals surface area contributed by atoms with Gasteiger partial charge in [-0.05, 0) is 42.6 Å². The van der Waals surface area contributed by atoms with Crippen LogP contribution in [0.25, 0.3) is 10.9 Å². The lowest BCUT2D eigenvalue weighted by molar-refractivity contribution is 0.577. The molecule has 26 heavy (non-hydrogen) atoms. The fourth-order valence-corrected chi connectivity index (χ4v) is 3.01. The van der Waals surface area contributed by atoms with Crippen LogP contribution in [0.4, 0.5) is 4.39 Å². The summed E-state index contributed by atoms with van der Waals surface area (Å²) in [7, 11) is 0. The maximum absolute atomic E-state index is 13.6. The molecule has 0 bridgehead atoms. The molecule has 2 aromatic heterocycles. The summed E-state index contributed by atoms with van der Waals surface area (Å²) in [6, 6.07) is 6.20. The quantitative estimate of drug-likeness (QED) is 0.616. The summed E-state index contributed by atoms with van der Waals surface area (Å²) in [4.78, 5) is 16.8. The maximum Gasteiger partial charge on any atom is 0.255 e. The van der Waals surface area contributed by atoms with Gasteiger partial charge in [-0.25, -0.2) is 9.37 Å². The molecule has 0 spiro atoms. The third-order valence-corrected chi connectivity index (χ3v) is 4.23. The Bertz CT molecular complexity index is 966. The topological polar surface area (TPSA) is 51.9 Å². The molecule has 3 aromatic rings. The number of imidazole rings is 1. The van der Waals surface area contributed by atoms with Crippen LogP contribution in [-0.2, 0) is 19.6 Å². The molecule has 3 rings (SSSR count). The zero-order valence-corrected chi connectivity index (χ0v) is 15.0. The van der Waals surface area contributed by atoms with Crippen LogP contribution in [0, 0.1) is 5.82 Å². The molecule has 0 amide bonds. The number of nitrogens with zero attached hydrogens (tertiary/aromatic N) is 3. The van der Waals surface area contributed by atoms with Gasteiger partial charge in [-0.1, -0.05) is 18.2 Å². The number of allylic oxidation sites excluding steroid dienone is 1. The van der Waals surface area contributed by atoms with Gasteiger partial charge >= 0.3 is 0 Å². The fourth-order valence-electron chi connectivity index (χ4n) is 2.89. The number of nitrogens with one attached hydrogen (secondary N) is 1. The van der Waals surface area contributed by atoms with E-state index < -0.39 is 5.82 Å². The summed E-state index contributed by atoms with van der Waals surface area (Å²) in [5.74, 6) is -0.392. The van der Waals surface area contributed by atoms with Crippen LogP contribution in [0.1, 0.15) is 12.0 Å². The number of halogens is 2. The second-order valence-corrected chi connectivity index (χ2v) is 6.65. The van der Waals surface area contributed by atoms with Crippen LogP contribution in [0.5, 0.6) is 0 Å². The molecule has 2 heterocycles. The van der Waals surface area contributed by atoms with Crippen molar-refractivity contribution in [2.45, 2.75) is 26.1 Å². The van der Waals surface area contributed by atoms with Crippen molar-refractivity contribution in [2.24, 2.45) is 0 Å². The Labute approximate surface area is 155 Å². The highest BCUT2D eigenvalue weighted by Crippen LogP contribution is 2.17. The lowest BCUT2D eigenvalue weighted by atomic mass is 10.1. The molecular formula is C19H20ClFN4O. The van der Waals surface area contributed by atoms with Crippen LogP contribution in [0.15, 0.2) is 59.4 Å². The summed E-state index contributed by atoms with van der Waals surface area (Å²) < 4.78 is 17.1. The Morgan fingerprint density at radius 3 is 2.92 bits per heavy atom. The number of pyridine rings is 1. The number of hydrogen-bond donors (Lipinski definition) is 1. The van der Waals surface area contributed by atoms with Gasteiger partial charge in [-0.3, -0.25) is 4.79 Å². The van der Waals surface area contributed by atoms with Crippen molar-refractivity contribution in [3.8, 4) is 0 Å². The molecule has 7 heteroatoms. The standard InChI is InChI=1S/C19H20ClFN4O/c1-14(20)12-25-18-10-17(21)4-3-15(18)9-16(19(25)26)11-22-5-2-7-24-8-6-23-13-24/h3-4,6,8-10,13,22H,1-2,5,7,11-12H2. The van der Waals surface area contributed by atoms with Crippen LogP contribution in [0.2, 0.25) is 0 Å². The molecule has 0 aliphatic heterocycles. The van der Waals surface area contributed by atoms with Crippen LogP contribution in [0.3, 0.4) is 0 Å². The van der Waals surface area contributed by atoms with E-state index in [2.05, 4.69) is 16.9 Å². The largest absolute Gasteiger partial charge is 0.337 e. The van der Waals surface area contributed by atoms with Crippen LogP contribution >= 0.6 is 11.6 Å². The number of benzene rings is 1. The van der Waals surface area contributed by atoms with Gasteiger partial charge in [0.05, 0.1) is 18.4 Å². The van der Waals surface area contributed by atoms with E-state index in [-0.39, 0.29) is 12.1 Å². The lowest BCUT2D eigenvalue weighted by Crippen LogP contribution is -2.28. The van der Waals surface area contributed by atoms with Crippen molar-refractivity contribution < 1.29 is 4.39 Å². The van der Waals surface area contributed by atoms with E-state index in [1.165, 1.54) is 16.7 Å². The van der Waals surface area contributed by atoms with E-state index in [9.17, 15) is 9.18 Å². The van der Waals surface area contributed by atoms with E-state index in [1.54, 1.807) is 24.7 Å². The molecule has 0 unspecified atom stereocenters. The van der Waals surface area contributed by atoms with Crippen molar-refractivity contribution in [2.75, 3.05) is 6.54 Å². The van der Waals surface area contributed by atoms with Crippen LogP contribution < -0.4 is 10.9 Å². The molecular weight excluding hydrogens is 355 g/mol. The van der Waals surface area contributed by atoms with E-state index in [0.717, 1.165) is 24.9 Å². The Hall–Kier alpha value is -2.44. The highest BCUT2D eigenvalue weighted by Gasteiger charge is 2.10. The minimum Gasteiger partial charge on any atom is -0.337 e. The lowest BCUT2D eigenvalue weighted by Gasteiger charge is -2.13. The van der Waals surface area contributed by atoms with Gasteiger partial charge in [-0.2, -0.15) is 0 Å². The van der Waals surface area contributed by atoms with Gasteiger partial charge in [0.1, 0.15) is 5.82 Å². The van der Waals surface area contributed by atoms with Gasteiger partial charge in [0.15, 0.2) is 0 Å². The molecule has 0 aliphatic rings. The molecule has 5 nitrogen and oxygen atoms in total. The minimum atomic E-state index is -0.392. The molecule has 0 aliphatic carbocycles. The number of aromatic nitrogens is 3. The fraction of sp³-hybridized carbons (Fsp3) is 0.263. The first-order valence-corrected chi connectivity index (χ1v) is 8.74. The Kier molecular flexibility index (Phi) is 5.85. The van der Waals surface area contributed by atoms with Crippen molar-refractivity contribution in [1.82, 2.24) is 19.4 Å². The average molecular weight is 375 g/mol. The second-order valence-electron chi connectivity index (χ2n) is 6.11. The van der Waals surface area contributed by atoms with Gasteiger partial charge in [0, 0.05) is 36.1 Å². The average Bonchev–Trinajstić information content (AvgIpc) is 3.11. The van der Waals surface area contributed by atoms with Gasteiger partial charge < -0.3 is 14.5 Å². The van der Waals surface area contributed by atoms with Crippen molar-refractivity contribution in [3.63, 3.8) is 0 Å². The Morgan fingerprint density at radius 1 is 1.35 bits per heavy atom. The SMILES string of the molecule is C=C(Cl)Cn1c(=O)c(CNCCCn2ccnc2)cc2ccc(F)cc21. The molecule has 0 atom stereocenters. The normalized spacial score (nSPS) is 11.2. The third kappa shape index (κ3) is 4.39. The summed E-state index contributed by atoms with van der Waals surface area (Å²) in [5.41, 5.74) is 0.942. The summed E-state index contributed by atoms with van der Waals surface area (Å²) in [5, 5.41) is 4.40. The van der Waals surface area contributed by atoms with E-state index in [4.69, 9.17) is 11.6 Å². The van der Waals surface area contributed by atoms with Crippen molar-refractivity contribution in [1.29, 1.82) is 0 Å². The second kappa shape index (κ2) is 8.29. The van der Waals surface area contributed by atoms with Gasteiger partial charge in [0.25, 0.3) is 5.56 Å². The first-order chi connectivity index (χ1) is 12.5. The molecule has 1 N–H and O–H groups in total. The van der Waals surface area contributed by atoms with Gasteiger partial charge in [0.2, 0.25) is 0 Å². The summed E-state index contributed by atoms with van der Waals surface area (Å²) in [6.45, 7) is 5.86. The predicted molar refractivity (Wildman–Crippen MR) is 102 cm³/mol. The molecule has 0 saturated carbocycles. The minimum absolute atomic E-state index is 0.148. The Morgan fingerprint density at radius 2 is 2.19 bits per heavy atom. The monoisotopic (exact) mass is 374 g/mol. The first kappa shape index (κ1) is 18.4. The zero-order valence-electron chi connectivity index (χ0n) is 14.3. The van der Waals surface area contributed by atoms with E-state index in [1.807, 2.05) is 10.8 Å². The number of rotatable bonds is 8. The van der Waals surface area contributed by atoms with E-state index in [0.29, 0.717) is 22.7 Å². The molecule has 0 fully saturated rings. The molecule has 0 saturated heterocycles. The van der Waals surface area contributed by atoms with Crippen LogP contribution in [-0.4, -0.2) is 20.7 Å². The molecule has 0 radical (unpaired) electrons. The van der Waals surface area contributed by atoms with Crippen molar-refractivity contribution in [3.05, 3.63) is 76.3 Å². The molecule has 1 aromatic carbocycles. The summed E-state index contributed by atoms with van der Waals surface area (Å²) in [6.07, 6.45) is 6.36. The summed E-state index contributed by atoms with van der Waals surface area (Å²) >= 11 is 5.90. The third-order valence-electron chi connectivity index (χ3n) is 4.11. The van der Waals surface area contributed by atoms with Crippen molar-refractivity contribution >= 4 is 22.5 Å². The highest BCUT2D eigenvalue weighted by molar-refractivity contribution is 6.29.